The topological polar surface area (TPSA) is 61.9 Å². The van der Waals surface area contributed by atoms with Crippen molar-refractivity contribution in [3.63, 3.8) is 0 Å². The molecular formula is C21H17F5N4O2. The molecule has 1 aliphatic heterocycles. The molecule has 0 saturated heterocycles. The van der Waals surface area contributed by atoms with Crippen molar-refractivity contribution in [2.24, 2.45) is 0 Å². The largest absolute Gasteiger partial charge is 0.490 e. The van der Waals surface area contributed by atoms with Gasteiger partial charge in [-0.15, -0.1) is 0 Å². The zero-order chi connectivity index (χ0) is 22.6. The van der Waals surface area contributed by atoms with Gasteiger partial charge in [0.25, 0.3) is 0 Å². The number of pyridine rings is 1. The summed E-state index contributed by atoms with van der Waals surface area (Å²) in [6, 6.07) is 4.63. The third-order valence-corrected chi connectivity index (χ3v) is 5.87. The highest BCUT2D eigenvalue weighted by molar-refractivity contribution is 5.26. The van der Waals surface area contributed by atoms with E-state index in [1.54, 1.807) is 0 Å². The number of aryl methyl sites for hydroxylation is 1. The molecular weight excluding hydrogens is 435 g/mol. The number of ether oxygens (including phenoxy) is 1. The van der Waals surface area contributed by atoms with E-state index in [2.05, 4.69) is 10.1 Å². The van der Waals surface area contributed by atoms with Crippen LogP contribution in [0.15, 0.2) is 41.3 Å². The highest BCUT2D eigenvalue weighted by Gasteiger charge is 2.38. The monoisotopic (exact) mass is 452 g/mol. The Hall–Kier alpha value is -3.24. The average Bonchev–Trinajstić information content (AvgIpc) is 3.24. The maximum atomic E-state index is 13.6. The van der Waals surface area contributed by atoms with Crippen molar-refractivity contribution < 1.29 is 26.7 Å². The lowest BCUT2D eigenvalue weighted by Crippen LogP contribution is -2.41. The van der Waals surface area contributed by atoms with E-state index >= 15 is 0 Å². The molecule has 0 bridgehead atoms. The van der Waals surface area contributed by atoms with Crippen LogP contribution >= 0.6 is 0 Å². The summed E-state index contributed by atoms with van der Waals surface area (Å²) in [5, 5.41) is 4.39. The summed E-state index contributed by atoms with van der Waals surface area (Å²) in [5.41, 5.74) is -1.04. The molecule has 11 heteroatoms. The summed E-state index contributed by atoms with van der Waals surface area (Å²) in [7, 11) is 0. The third kappa shape index (κ3) is 3.65. The van der Waals surface area contributed by atoms with E-state index in [9.17, 15) is 26.7 Å². The van der Waals surface area contributed by atoms with Crippen molar-refractivity contribution in [1.82, 2.24) is 19.3 Å². The van der Waals surface area contributed by atoms with Crippen molar-refractivity contribution in [2.45, 2.75) is 50.0 Å². The smallest absolute Gasteiger partial charge is 0.433 e. The minimum atomic E-state index is -4.56. The molecule has 0 radical (unpaired) electrons. The molecule has 0 unspecified atom stereocenters. The minimum absolute atomic E-state index is 0.0589. The van der Waals surface area contributed by atoms with Crippen LogP contribution in [-0.2, 0) is 12.6 Å². The molecule has 1 fully saturated rings. The molecule has 0 spiro atoms. The van der Waals surface area contributed by atoms with E-state index in [1.807, 2.05) is 0 Å². The van der Waals surface area contributed by atoms with Crippen molar-refractivity contribution in [1.29, 1.82) is 0 Å². The zero-order valence-electron chi connectivity index (χ0n) is 16.5. The van der Waals surface area contributed by atoms with Crippen LogP contribution in [-0.4, -0.2) is 25.4 Å². The van der Waals surface area contributed by atoms with E-state index in [-0.39, 0.29) is 23.6 Å². The molecule has 3 heterocycles. The number of fused-ring (bicyclic) bond motifs is 1. The van der Waals surface area contributed by atoms with Crippen LogP contribution in [0.1, 0.15) is 48.4 Å². The van der Waals surface area contributed by atoms with E-state index in [4.69, 9.17) is 4.74 Å². The first-order chi connectivity index (χ1) is 15.2. The fraction of sp³-hybridized carbons (Fsp3) is 0.381. The molecule has 0 N–H and O–H groups in total. The molecule has 1 aromatic carbocycles. The normalized spacial score (nSPS) is 22.5. The van der Waals surface area contributed by atoms with E-state index in [0.717, 1.165) is 18.3 Å². The molecule has 0 amide bonds. The molecule has 1 atom stereocenters. The van der Waals surface area contributed by atoms with E-state index < -0.39 is 29.5 Å². The van der Waals surface area contributed by atoms with Crippen LogP contribution in [0.3, 0.4) is 0 Å². The van der Waals surface area contributed by atoms with Gasteiger partial charge in [-0.05, 0) is 30.2 Å². The SMILES string of the molecule is O=c1n2c(nn1[C@H]1C[C@H](Oc3ccnc(C(F)(F)F)c3)C1)CC[C@H]2c1cc(F)cc(F)c1. The van der Waals surface area contributed by atoms with Gasteiger partial charge in [0.15, 0.2) is 0 Å². The van der Waals surface area contributed by atoms with Crippen molar-refractivity contribution >= 4 is 0 Å². The van der Waals surface area contributed by atoms with Gasteiger partial charge in [0.05, 0.1) is 12.1 Å². The lowest BCUT2D eigenvalue weighted by Gasteiger charge is -2.34. The summed E-state index contributed by atoms with van der Waals surface area (Å²) in [4.78, 5) is 16.3. The van der Waals surface area contributed by atoms with Crippen LogP contribution < -0.4 is 10.4 Å². The molecule has 2 aliphatic rings. The number of benzene rings is 1. The lowest BCUT2D eigenvalue weighted by atomic mass is 9.89. The number of hydrogen-bond donors (Lipinski definition) is 0. The molecule has 5 rings (SSSR count). The number of aromatic nitrogens is 4. The Kier molecular flexibility index (Phi) is 4.79. The Morgan fingerprint density at radius 3 is 2.47 bits per heavy atom. The van der Waals surface area contributed by atoms with E-state index in [0.29, 0.717) is 37.1 Å². The van der Waals surface area contributed by atoms with Crippen LogP contribution in [0, 0.1) is 11.6 Å². The molecule has 168 valence electrons. The Bertz CT molecular complexity index is 1210. The maximum absolute atomic E-state index is 13.6. The second-order valence-electron chi connectivity index (χ2n) is 8.01. The lowest BCUT2D eigenvalue weighted by molar-refractivity contribution is -0.141. The van der Waals surface area contributed by atoms with Crippen LogP contribution in [0.25, 0.3) is 0 Å². The van der Waals surface area contributed by atoms with Gasteiger partial charge in [0, 0.05) is 37.6 Å². The third-order valence-electron chi connectivity index (χ3n) is 5.87. The van der Waals surface area contributed by atoms with Crippen LogP contribution in [0.2, 0.25) is 0 Å². The fourth-order valence-electron chi connectivity index (χ4n) is 4.30. The van der Waals surface area contributed by atoms with Crippen molar-refractivity contribution in [2.75, 3.05) is 0 Å². The fourth-order valence-corrected chi connectivity index (χ4v) is 4.30. The first kappa shape index (κ1) is 20.7. The summed E-state index contributed by atoms with van der Waals surface area (Å²) < 4.78 is 74.1. The Balaban J connectivity index is 1.30. The zero-order valence-corrected chi connectivity index (χ0v) is 16.5. The van der Waals surface area contributed by atoms with Gasteiger partial charge >= 0.3 is 11.9 Å². The standard InChI is InChI=1S/C21H17F5N4O2/c22-12-5-11(6-13(23)7-12)17-1-2-19-28-30(20(31)29(17)19)14-8-16(9-14)32-15-3-4-27-18(10-15)21(24,25)26/h3-7,10,14,16-17H,1-2,8-9H2/t14-,16-,17-/m0/s1. The quantitative estimate of drug-likeness (QED) is 0.561. The van der Waals surface area contributed by atoms with Gasteiger partial charge in [-0.3, -0.25) is 9.55 Å². The molecule has 1 saturated carbocycles. The molecule has 2 aromatic heterocycles. The molecule has 32 heavy (non-hydrogen) atoms. The number of hydrogen-bond acceptors (Lipinski definition) is 4. The second-order valence-corrected chi connectivity index (χ2v) is 8.01. The molecule has 6 nitrogen and oxygen atoms in total. The van der Waals surface area contributed by atoms with E-state index in [1.165, 1.54) is 27.4 Å². The van der Waals surface area contributed by atoms with Crippen LogP contribution in [0.4, 0.5) is 22.0 Å². The first-order valence-electron chi connectivity index (χ1n) is 10.0. The van der Waals surface area contributed by atoms with Crippen LogP contribution in [0.5, 0.6) is 5.75 Å². The molecule has 3 aromatic rings. The maximum Gasteiger partial charge on any atom is 0.433 e. The van der Waals surface area contributed by atoms with Crippen molar-refractivity contribution in [3.05, 3.63) is 75.7 Å². The Morgan fingerprint density at radius 1 is 1.06 bits per heavy atom. The molecule has 1 aliphatic carbocycles. The summed E-state index contributed by atoms with van der Waals surface area (Å²) in [6.45, 7) is 0. The number of rotatable bonds is 4. The predicted octanol–water partition coefficient (Wildman–Crippen LogP) is 4.05. The van der Waals surface area contributed by atoms with Crippen molar-refractivity contribution in [3.8, 4) is 5.75 Å². The first-order valence-corrected chi connectivity index (χ1v) is 10.0. The highest BCUT2D eigenvalue weighted by Crippen LogP contribution is 2.37. The van der Waals surface area contributed by atoms with Gasteiger partial charge in [0.1, 0.15) is 35.0 Å². The number of halogens is 5. The average molecular weight is 452 g/mol. The van der Waals surface area contributed by atoms with Gasteiger partial charge in [0.2, 0.25) is 0 Å². The van der Waals surface area contributed by atoms with Gasteiger partial charge in [-0.2, -0.15) is 18.3 Å². The Labute approximate surface area is 178 Å². The summed E-state index contributed by atoms with van der Waals surface area (Å²) >= 11 is 0. The van der Waals surface area contributed by atoms with Gasteiger partial charge in [-0.25, -0.2) is 18.3 Å². The number of nitrogens with zero attached hydrogens (tertiary/aromatic N) is 4. The summed E-state index contributed by atoms with van der Waals surface area (Å²) in [5.74, 6) is -0.822. The van der Waals surface area contributed by atoms with Gasteiger partial charge in [-0.1, -0.05) is 0 Å². The minimum Gasteiger partial charge on any atom is -0.490 e. The highest BCUT2D eigenvalue weighted by atomic mass is 19.4. The second kappa shape index (κ2) is 7.42. The predicted molar refractivity (Wildman–Crippen MR) is 101 cm³/mol. The van der Waals surface area contributed by atoms with Gasteiger partial charge < -0.3 is 4.74 Å². The summed E-state index contributed by atoms with van der Waals surface area (Å²) in [6.07, 6.45) is -2.07. The number of alkyl halides is 3. The Morgan fingerprint density at radius 2 is 1.78 bits per heavy atom.